The molecule has 0 spiro atoms. The third kappa shape index (κ3) is 3.81. The van der Waals surface area contributed by atoms with Crippen molar-refractivity contribution >= 4 is 33.3 Å². The molecule has 1 aliphatic heterocycles. The van der Waals surface area contributed by atoms with Gasteiger partial charge in [0.15, 0.2) is 6.61 Å². The first-order chi connectivity index (χ1) is 12.8. The number of carbonyl (C=O) groups is 1. The minimum Gasteiger partial charge on any atom is -0.495 e. The Morgan fingerprint density at radius 3 is 2.70 bits per heavy atom. The maximum absolute atomic E-state index is 13.2. The second-order valence-electron chi connectivity index (χ2n) is 5.92. The first-order valence-electron chi connectivity index (χ1n) is 8.17. The third-order valence-electron chi connectivity index (χ3n) is 4.20. The summed E-state index contributed by atoms with van der Waals surface area (Å²) in [7, 11) is -2.38. The van der Waals surface area contributed by atoms with E-state index in [0.29, 0.717) is 24.4 Å². The number of aryl methyl sites for hydroxylation is 1. The molecule has 2 aromatic rings. The van der Waals surface area contributed by atoms with Crippen LogP contribution in [0.3, 0.4) is 0 Å². The van der Waals surface area contributed by atoms with Crippen molar-refractivity contribution in [3.05, 3.63) is 47.0 Å². The van der Waals surface area contributed by atoms with Crippen LogP contribution in [-0.4, -0.2) is 39.8 Å². The van der Waals surface area contributed by atoms with Gasteiger partial charge in [-0.05, 0) is 42.7 Å². The molecule has 0 fully saturated rings. The van der Waals surface area contributed by atoms with Gasteiger partial charge in [-0.3, -0.25) is 4.31 Å². The first-order valence-corrected chi connectivity index (χ1v) is 9.99. The summed E-state index contributed by atoms with van der Waals surface area (Å²) < 4.78 is 38.2. The van der Waals surface area contributed by atoms with Gasteiger partial charge in [-0.15, -0.1) is 0 Å². The Kier molecular flexibility index (Phi) is 5.48. The van der Waals surface area contributed by atoms with Gasteiger partial charge in [0.25, 0.3) is 10.0 Å². The van der Waals surface area contributed by atoms with Gasteiger partial charge in [-0.25, -0.2) is 13.2 Å². The molecule has 3 rings (SSSR count). The quantitative estimate of drug-likeness (QED) is 0.785. The molecule has 1 N–H and O–H groups in total. The maximum Gasteiger partial charge on any atom is 0.341 e. The van der Waals surface area contributed by atoms with Crippen molar-refractivity contribution in [1.82, 2.24) is 0 Å². The summed E-state index contributed by atoms with van der Waals surface area (Å²) >= 11 is 6.09. The molecular formula is C18H18ClNO6S. The number of hydrogen-bond donors (Lipinski definition) is 1. The molecule has 0 aliphatic carbocycles. The molecule has 9 heteroatoms. The van der Waals surface area contributed by atoms with E-state index in [2.05, 4.69) is 0 Å². The topological polar surface area (TPSA) is 93.1 Å². The van der Waals surface area contributed by atoms with E-state index < -0.39 is 22.6 Å². The lowest BCUT2D eigenvalue weighted by Crippen LogP contribution is -2.35. The summed E-state index contributed by atoms with van der Waals surface area (Å²) in [5, 5.41) is 8.70. The SMILES string of the molecule is COc1cccc2c1N(S(=O)(=O)c1ccc(OCC(=O)O)c(Cl)c1)CCC2. The molecule has 0 radical (unpaired) electrons. The number of sulfonamides is 1. The zero-order valence-electron chi connectivity index (χ0n) is 14.5. The largest absolute Gasteiger partial charge is 0.495 e. The molecule has 1 aliphatic rings. The van der Waals surface area contributed by atoms with Crippen LogP contribution in [-0.2, 0) is 21.2 Å². The summed E-state index contributed by atoms with van der Waals surface area (Å²) in [6.07, 6.45) is 1.45. The average molecular weight is 412 g/mol. The van der Waals surface area contributed by atoms with Gasteiger partial charge in [-0.2, -0.15) is 0 Å². The highest BCUT2D eigenvalue weighted by Gasteiger charge is 2.32. The fourth-order valence-corrected chi connectivity index (χ4v) is 4.89. The number of rotatable bonds is 6. The van der Waals surface area contributed by atoms with Gasteiger partial charge in [0.2, 0.25) is 0 Å². The van der Waals surface area contributed by atoms with Gasteiger partial charge in [0, 0.05) is 6.54 Å². The number of aliphatic carboxylic acids is 1. The molecule has 2 aromatic carbocycles. The van der Waals surface area contributed by atoms with Crippen LogP contribution in [0, 0.1) is 0 Å². The third-order valence-corrected chi connectivity index (χ3v) is 6.29. The number of carboxylic acid groups (broad SMARTS) is 1. The molecule has 0 atom stereocenters. The Bertz CT molecular complexity index is 962. The summed E-state index contributed by atoms with van der Waals surface area (Å²) in [6.45, 7) is -0.243. The minimum atomic E-state index is -3.88. The van der Waals surface area contributed by atoms with Gasteiger partial charge in [0.05, 0.1) is 22.7 Å². The Hall–Kier alpha value is -2.45. The lowest BCUT2D eigenvalue weighted by molar-refractivity contribution is -0.139. The van der Waals surface area contributed by atoms with Crippen LogP contribution in [0.1, 0.15) is 12.0 Å². The number of para-hydroxylation sites is 1. The minimum absolute atomic E-state index is 0.00562. The number of fused-ring (bicyclic) bond motifs is 1. The molecule has 0 amide bonds. The molecule has 0 unspecified atom stereocenters. The lowest BCUT2D eigenvalue weighted by Gasteiger charge is -2.31. The number of hydrogen-bond acceptors (Lipinski definition) is 5. The van der Waals surface area contributed by atoms with Crippen molar-refractivity contribution in [2.75, 3.05) is 24.6 Å². The number of halogens is 1. The predicted molar refractivity (Wildman–Crippen MR) is 100 cm³/mol. The monoisotopic (exact) mass is 411 g/mol. The smallest absolute Gasteiger partial charge is 0.341 e. The van der Waals surface area contributed by atoms with Crippen molar-refractivity contribution in [2.45, 2.75) is 17.7 Å². The summed E-state index contributed by atoms with van der Waals surface area (Å²) in [4.78, 5) is 10.6. The fourth-order valence-electron chi connectivity index (χ4n) is 3.01. The number of benzene rings is 2. The van der Waals surface area contributed by atoms with Crippen LogP contribution in [0.25, 0.3) is 0 Å². The van der Waals surface area contributed by atoms with Crippen molar-refractivity contribution in [3.8, 4) is 11.5 Å². The molecule has 0 saturated carbocycles. The molecule has 1 heterocycles. The van der Waals surface area contributed by atoms with Crippen LogP contribution in [0.15, 0.2) is 41.3 Å². The van der Waals surface area contributed by atoms with Crippen LogP contribution in [0.2, 0.25) is 5.02 Å². The van der Waals surface area contributed by atoms with Crippen molar-refractivity contribution in [1.29, 1.82) is 0 Å². The first kappa shape index (κ1) is 19.3. The molecule has 0 bridgehead atoms. The highest BCUT2D eigenvalue weighted by atomic mass is 35.5. The summed E-state index contributed by atoms with van der Waals surface area (Å²) in [5.74, 6) is -0.558. The van der Waals surface area contributed by atoms with E-state index in [0.717, 1.165) is 12.0 Å². The van der Waals surface area contributed by atoms with E-state index in [1.165, 1.54) is 29.6 Å². The van der Waals surface area contributed by atoms with Gasteiger partial charge < -0.3 is 14.6 Å². The average Bonchev–Trinajstić information content (AvgIpc) is 2.65. The Morgan fingerprint density at radius 1 is 1.26 bits per heavy atom. The molecule has 0 saturated heterocycles. The molecular weight excluding hydrogens is 394 g/mol. The maximum atomic E-state index is 13.2. The van der Waals surface area contributed by atoms with E-state index in [9.17, 15) is 13.2 Å². The number of anilines is 1. The van der Waals surface area contributed by atoms with E-state index in [4.69, 9.17) is 26.2 Å². The zero-order chi connectivity index (χ0) is 19.6. The zero-order valence-corrected chi connectivity index (χ0v) is 16.1. The van der Waals surface area contributed by atoms with Crippen molar-refractivity contribution < 1.29 is 27.8 Å². The van der Waals surface area contributed by atoms with Crippen LogP contribution < -0.4 is 13.8 Å². The van der Waals surface area contributed by atoms with Crippen molar-refractivity contribution in [3.63, 3.8) is 0 Å². The van der Waals surface area contributed by atoms with E-state index in [1.54, 1.807) is 6.07 Å². The Balaban J connectivity index is 1.99. The van der Waals surface area contributed by atoms with Gasteiger partial charge >= 0.3 is 5.97 Å². The van der Waals surface area contributed by atoms with E-state index in [1.807, 2.05) is 12.1 Å². The Morgan fingerprint density at radius 2 is 2.04 bits per heavy atom. The molecule has 0 aromatic heterocycles. The second-order valence-corrected chi connectivity index (χ2v) is 8.19. The van der Waals surface area contributed by atoms with Gasteiger partial charge in [-0.1, -0.05) is 23.7 Å². The van der Waals surface area contributed by atoms with Crippen molar-refractivity contribution in [2.24, 2.45) is 0 Å². The second kappa shape index (κ2) is 7.66. The molecule has 7 nitrogen and oxygen atoms in total. The summed E-state index contributed by atoms with van der Waals surface area (Å²) in [5.41, 5.74) is 1.44. The number of methoxy groups -OCH3 is 1. The fraction of sp³-hybridized carbons (Fsp3) is 0.278. The molecule has 27 heavy (non-hydrogen) atoms. The van der Waals surface area contributed by atoms with Crippen LogP contribution in [0.4, 0.5) is 5.69 Å². The lowest BCUT2D eigenvalue weighted by atomic mass is 10.0. The standard InChI is InChI=1S/C18H18ClNO6S/c1-25-16-6-2-4-12-5-3-9-20(18(12)16)27(23,24)13-7-8-15(14(19)10-13)26-11-17(21)22/h2,4,6-8,10H,3,5,9,11H2,1H3,(H,21,22). The number of ether oxygens (including phenoxy) is 2. The number of nitrogens with zero attached hydrogens (tertiary/aromatic N) is 1. The van der Waals surface area contributed by atoms with E-state index in [-0.39, 0.29) is 15.7 Å². The number of carboxylic acids is 1. The van der Waals surface area contributed by atoms with E-state index >= 15 is 0 Å². The normalized spacial score (nSPS) is 13.8. The van der Waals surface area contributed by atoms with Gasteiger partial charge in [0.1, 0.15) is 11.5 Å². The highest BCUT2D eigenvalue weighted by Crippen LogP contribution is 2.40. The Labute approximate surface area is 162 Å². The predicted octanol–water partition coefficient (Wildman–Crippen LogP) is 2.95. The van der Waals surface area contributed by atoms with Crippen LogP contribution >= 0.6 is 11.6 Å². The summed E-state index contributed by atoms with van der Waals surface area (Å²) in [6, 6.07) is 9.40. The van der Waals surface area contributed by atoms with Crippen LogP contribution in [0.5, 0.6) is 11.5 Å². The highest BCUT2D eigenvalue weighted by molar-refractivity contribution is 7.92. The molecule has 144 valence electrons.